The van der Waals surface area contributed by atoms with Crippen LogP contribution in [0.4, 0.5) is 0 Å². The molecule has 0 saturated carbocycles. The zero-order chi connectivity index (χ0) is 13.3. The van der Waals surface area contributed by atoms with Crippen molar-refractivity contribution in [3.05, 3.63) is 33.8 Å². The van der Waals surface area contributed by atoms with E-state index in [-0.39, 0.29) is 12.4 Å². The van der Waals surface area contributed by atoms with E-state index in [1.54, 1.807) is 0 Å². The van der Waals surface area contributed by atoms with Crippen molar-refractivity contribution in [2.75, 3.05) is 26.2 Å². The van der Waals surface area contributed by atoms with Gasteiger partial charge in [0.15, 0.2) is 0 Å². The summed E-state index contributed by atoms with van der Waals surface area (Å²) in [5.41, 5.74) is 1.75. The summed E-state index contributed by atoms with van der Waals surface area (Å²) >= 11 is 12.2. The molecule has 0 radical (unpaired) electrons. The Balaban J connectivity index is 0.00000147. The average molecular weight is 336 g/mol. The van der Waals surface area contributed by atoms with Gasteiger partial charge in [-0.05, 0) is 62.0 Å². The molecule has 3 rings (SSSR count). The molecule has 5 heteroatoms. The van der Waals surface area contributed by atoms with Crippen LogP contribution in [0, 0.1) is 5.41 Å². The Bertz CT molecular complexity index is 458. The Labute approximate surface area is 137 Å². The number of likely N-dealkylation sites (tertiary alicyclic amines) is 1. The summed E-state index contributed by atoms with van der Waals surface area (Å²) in [6.07, 6.45) is 3.97. The second-order valence-electron chi connectivity index (χ2n) is 5.95. The maximum absolute atomic E-state index is 6.26. The van der Waals surface area contributed by atoms with Crippen LogP contribution in [0.3, 0.4) is 0 Å². The summed E-state index contributed by atoms with van der Waals surface area (Å²) < 4.78 is 0. The molecule has 0 amide bonds. The topological polar surface area (TPSA) is 15.3 Å². The SMILES string of the molecule is Cl.Clc1ccc(CN2CCC3(CCNCC3)C2)c(Cl)c1. The summed E-state index contributed by atoms with van der Waals surface area (Å²) in [6, 6.07) is 5.83. The minimum absolute atomic E-state index is 0. The molecule has 1 aromatic carbocycles. The van der Waals surface area contributed by atoms with Gasteiger partial charge >= 0.3 is 0 Å². The van der Waals surface area contributed by atoms with E-state index in [1.807, 2.05) is 12.1 Å². The quantitative estimate of drug-likeness (QED) is 0.879. The molecule has 112 valence electrons. The van der Waals surface area contributed by atoms with E-state index in [0.717, 1.165) is 11.6 Å². The van der Waals surface area contributed by atoms with Gasteiger partial charge in [-0.3, -0.25) is 4.90 Å². The minimum Gasteiger partial charge on any atom is -0.317 e. The number of hydrogen-bond acceptors (Lipinski definition) is 2. The molecule has 2 aliphatic heterocycles. The lowest BCUT2D eigenvalue weighted by molar-refractivity contribution is 0.194. The highest BCUT2D eigenvalue weighted by Gasteiger charge is 2.38. The van der Waals surface area contributed by atoms with Gasteiger partial charge in [-0.15, -0.1) is 12.4 Å². The molecule has 2 saturated heterocycles. The van der Waals surface area contributed by atoms with Crippen LogP contribution in [0.2, 0.25) is 10.0 Å². The monoisotopic (exact) mass is 334 g/mol. The van der Waals surface area contributed by atoms with Gasteiger partial charge in [0, 0.05) is 23.1 Å². The van der Waals surface area contributed by atoms with Gasteiger partial charge in [-0.2, -0.15) is 0 Å². The molecule has 2 fully saturated rings. The molecular formula is C15H21Cl3N2. The molecule has 2 heterocycles. The third kappa shape index (κ3) is 3.61. The molecule has 0 bridgehead atoms. The van der Waals surface area contributed by atoms with Gasteiger partial charge in [0.2, 0.25) is 0 Å². The first kappa shape index (κ1) is 16.4. The third-order valence-corrected chi connectivity index (χ3v) is 5.18. The van der Waals surface area contributed by atoms with Crippen LogP contribution in [-0.2, 0) is 6.54 Å². The molecular weight excluding hydrogens is 315 g/mol. The molecule has 0 aliphatic carbocycles. The van der Waals surface area contributed by atoms with Gasteiger partial charge in [-0.25, -0.2) is 0 Å². The highest BCUT2D eigenvalue weighted by Crippen LogP contribution is 2.39. The first-order valence-corrected chi connectivity index (χ1v) is 7.80. The van der Waals surface area contributed by atoms with E-state index in [9.17, 15) is 0 Å². The minimum atomic E-state index is 0. The maximum Gasteiger partial charge on any atom is 0.0465 e. The Morgan fingerprint density at radius 1 is 1.15 bits per heavy atom. The fraction of sp³-hybridized carbons (Fsp3) is 0.600. The standard InChI is InChI=1S/C15H20Cl2N2.ClH/c16-13-2-1-12(14(17)9-13)10-19-8-5-15(11-19)3-6-18-7-4-15;/h1-2,9,18H,3-8,10-11H2;1H. The lowest BCUT2D eigenvalue weighted by Crippen LogP contribution is -2.38. The second-order valence-corrected chi connectivity index (χ2v) is 6.79. The predicted octanol–water partition coefficient (Wildman–Crippen LogP) is 3.99. The van der Waals surface area contributed by atoms with Crippen LogP contribution in [0.15, 0.2) is 18.2 Å². The van der Waals surface area contributed by atoms with Crippen molar-refractivity contribution >= 4 is 35.6 Å². The lowest BCUT2D eigenvalue weighted by Gasteiger charge is -2.34. The highest BCUT2D eigenvalue weighted by atomic mass is 35.5. The molecule has 1 aromatic rings. The van der Waals surface area contributed by atoms with E-state index in [1.165, 1.54) is 51.0 Å². The zero-order valence-electron chi connectivity index (χ0n) is 11.5. The van der Waals surface area contributed by atoms with Crippen LogP contribution in [0.25, 0.3) is 0 Å². The van der Waals surface area contributed by atoms with Crippen molar-refractivity contribution in [2.24, 2.45) is 5.41 Å². The fourth-order valence-electron chi connectivity index (χ4n) is 3.42. The van der Waals surface area contributed by atoms with Crippen LogP contribution >= 0.6 is 35.6 Å². The molecule has 0 aromatic heterocycles. The van der Waals surface area contributed by atoms with Gasteiger partial charge in [0.05, 0.1) is 0 Å². The Kier molecular flexibility index (Phi) is 5.61. The van der Waals surface area contributed by atoms with E-state index >= 15 is 0 Å². The number of nitrogens with one attached hydrogen (secondary N) is 1. The van der Waals surface area contributed by atoms with Crippen molar-refractivity contribution in [3.8, 4) is 0 Å². The third-order valence-electron chi connectivity index (χ3n) is 4.59. The van der Waals surface area contributed by atoms with E-state index < -0.39 is 0 Å². The smallest absolute Gasteiger partial charge is 0.0465 e. The van der Waals surface area contributed by atoms with E-state index in [4.69, 9.17) is 23.2 Å². The zero-order valence-corrected chi connectivity index (χ0v) is 13.8. The molecule has 0 atom stereocenters. The molecule has 1 spiro atoms. The number of hydrogen-bond donors (Lipinski definition) is 1. The molecule has 2 nitrogen and oxygen atoms in total. The Morgan fingerprint density at radius 3 is 2.60 bits per heavy atom. The average Bonchev–Trinajstić information content (AvgIpc) is 2.77. The fourth-order valence-corrected chi connectivity index (χ4v) is 3.89. The molecule has 1 N–H and O–H groups in total. The summed E-state index contributed by atoms with van der Waals surface area (Å²) in [4.78, 5) is 2.54. The first-order chi connectivity index (χ1) is 9.17. The largest absolute Gasteiger partial charge is 0.317 e. The van der Waals surface area contributed by atoms with Crippen LogP contribution < -0.4 is 5.32 Å². The van der Waals surface area contributed by atoms with Crippen LogP contribution in [0.5, 0.6) is 0 Å². The van der Waals surface area contributed by atoms with Crippen LogP contribution in [0.1, 0.15) is 24.8 Å². The van der Waals surface area contributed by atoms with Gasteiger partial charge in [0.1, 0.15) is 0 Å². The van der Waals surface area contributed by atoms with Crippen LogP contribution in [-0.4, -0.2) is 31.1 Å². The summed E-state index contributed by atoms with van der Waals surface area (Å²) in [6.45, 7) is 5.71. The first-order valence-electron chi connectivity index (χ1n) is 7.04. The Morgan fingerprint density at radius 2 is 1.90 bits per heavy atom. The van der Waals surface area contributed by atoms with Crippen molar-refractivity contribution < 1.29 is 0 Å². The van der Waals surface area contributed by atoms with E-state index in [0.29, 0.717) is 10.4 Å². The van der Waals surface area contributed by atoms with Gasteiger partial charge in [-0.1, -0.05) is 29.3 Å². The second kappa shape index (κ2) is 6.85. The van der Waals surface area contributed by atoms with Gasteiger partial charge < -0.3 is 5.32 Å². The molecule has 2 aliphatic rings. The normalized spacial score (nSPS) is 21.9. The van der Waals surface area contributed by atoms with Gasteiger partial charge in [0.25, 0.3) is 0 Å². The maximum atomic E-state index is 6.26. The van der Waals surface area contributed by atoms with Crippen molar-refractivity contribution in [3.63, 3.8) is 0 Å². The van der Waals surface area contributed by atoms with E-state index in [2.05, 4.69) is 16.3 Å². The summed E-state index contributed by atoms with van der Waals surface area (Å²) in [7, 11) is 0. The number of halogens is 3. The molecule has 0 unspecified atom stereocenters. The number of benzene rings is 1. The Hall–Kier alpha value is 0.01000. The summed E-state index contributed by atoms with van der Waals surface area (Å²) in [5, 5.41) is 4.96. The van der Waals surface area contributed by atoms with Crippen molar-refractivity contribution in [1.82, 2.24) is 10.2 Å². The number of piperidine rings is 1. The highest BCUT2D eigenvalue weighted by molar-refractivity contribution is 6.35. The van der Waals surface area contributed by atoms with Crippen molar-refractivity contribution in [1.29, 1.82) is 0 Å². The number of nitrogens with zero attached hydrogens (tertiary/aromatic N) is 1. The van der Waals surface area contributed by atoms with Crippen molar-refractivity contribution in [2.45, 2.75) is 25.8 Å². The number of rotatable bonds is 2. The summed E-state index contributed by atoms with van der Waals surface area (Å²) in [5.74, 6) is 0. The predicted molar refractivity (Wildman–Crippen MR) is 88.1 cm³/mol. The molecule has 20 heavy (non-hydrogen) atoms. The lowest BCUT2D eigenvalue weighted by atomic mass is 9.78.